The predicted molar refractivity (Wildman–Crippen MR) is 143 cm³/mol. The highest BCUT2D eigenvalue weighted by Crippen LogP contribution is 2.31. The first-order valence-electron chi connectivity index (χ1n) is 10.9. The van der Waals surface area contributed by atoms with Crippen LogP contribution in [-0.4, -0.2) is 40.8 Å². The molecule has 1 saturated heterocycles. The Morgan fingerprint density at radius 3 is 2.49 bits per heavy atom. The largest absolute Gasteiger partial charge is 0.497 e. The molecule has 3 aromatic rings. The second kappa shape index (κ2) is 11.6. The van der Waals surface area contributed by atoms with Crippen LogP contribution in [0.25, 0.3) is 0 Å². The highest BCUT2D eigenvalue weighted by molar-refractivity contribution is 8.15. The van der Waals surface area contributed by atoms with Crippen molar-refractivity contribution in [1.82, 2.24) is 4.90 Å². The number of ether oxygens (including phenoxy) is 1. The summed E-state index contributed by atoms with van der Waals surface area (Å²) in [5.74, 6) is 0.315. The topological polar surface area (TPSA) is 71.0 Å². The van der Waals surface area contributed by atoms with Crippen LogP contribution < -0.4 is 10.1 Å². The predicted octanol–water partition coefficient (Wildman–Crippen LogP) is 6.21. The van der Waals surface area contributed by atoms with E-state index in [-0.39, 0.29) is 18.2 Å². The van der Waals surface area contributed by atoms with E-state index in [9.17, 15) is 9.59 Å². The highest BCUT2D eigenvalue weighted by atomic mass is 35.5. The van der Waals surface area contributed by atoms with Gasteiger partial charge in [0.05, 0.1) is 23.5 Å². The van der Waals surface area contributed by atoms with Crippen molar-refractivity contribution in [3.05, 3.63) is 88.4 Å². The van der Waals surface area contributed by atoms with Crippen molar-refractivity contribution in [3.63, 3.8) is 0 Å². The number of nitrogens with zero attached hydrogens (tertiary/aromatic N) is 2. The fourth-order valence-corrected chi connectivity index (χ4v) is 4.93. The molecule has 0 bridgehead atoms. The number of anilines is 1. The minimum Gasteiger partial charge on any atom is -0.497 e. The van der Waals surface area contributed by atoms with Gasteiger partial charge in [-0.2, -0.15) is 0 Å². The van der Waals surface area contributed by atoms with E-state index >= 15 is 0 Å². The van der Waals surface area contributed by atoms with E-state index in [1.165, 1.54) is 11.8 Å². The molecule has 1 aliphatic rings. The van der Waals surface area contributed by atoms with Crippen LogP contribution in [0.3, 0.4) is 0 Å². The third kappa shape index (κ3) is 6.57. The maximum atomic E-state index is 13.2. The van der Waals surface area contributed by atoms with Crippen molar-refractivity contribution in [1.29, 1.82) is 0 Å². The van der Waals surface area contributed by atoms with Crippen LogP contribution in [0.15, 0.2) is 77.8 Å². The molecule has 1 aliphatic heterocycles. The Kier molecular flexibility index (Phi) is 8.33. The van der Waals surface area contributed by atoms with E-state index in [2.05, 4.69) is 10.3 Å². The number of hydrogen-bond acceptors (Lipinski definition) is 5. The lowest BCUT2D eigenvalue weighted by molar-refractivity contribution is -0.129. The van der Waals surface area contributed by atoms with Gasteiger partial charge < -0.3 is 10.1 Å². The normalized spacial score (nSPS) is 16.9. The molecule has 6 nitrogen and oxygen atoms in total. The number of methoxy groups -OCH3 is 1. The lowest BCUT2D eigenvalue weighted by Gasteiger charge is -2.32. The van der Waals surface area contributed by atoms with Gasteiger partial charge in [0, 0.05) is 18.0 Å². The van der Waals surface area contributed by atoms with Crippen molar-refractivity contribution < 1.29 is 14.3 Å². The molecule has 3 aromatic carbocycles. The summed E-state index contributed by atoms with van der Waals surface area (Å²) in [5, 5.41) is 3.69. The van der Waals surface area contributed by atoms with Crippen LogP contribution in [0.2, 0.25) is 10.0 Å². The third-order valence-corrected chi connectivity index (χ3v) is 7.17. The van der Waals surface area contributed by atoms with Gasteiger partial charge in [0.15, 0.2) is 5.17 Å². The SMILES string of the molecule is COc1ccc(CCN2C(=O)CC(C(=O)Nc3ccccc3Cl)SC2=Nc2ccc(Cl)cc2)cc1. The number of thioether (sulfide) groups is 1. The van der Waals surface area contributed by atoms with E-state index in [4.69, 9.17) is 27.9 Å². The van der Waals surface area contributed by atoms with Crippen molar-refractivity contribution in [2.75, 3.05) is 19.0 Å². The average molecular weight is 528 g/mol. The summed E-state index contributed by atoms with van der Waals surface area (Å²) in [7, 11) is 1.62. The number of benzene rings is 3. The van der Waals surface area contributed by atoms with Crippen LogP contribution in [-0.2, 0) is 16.0 Å². The van der Waals surface area contributed by atoms with Gasteiger partial charge >= 0.3 is 0 Å². The lowest BCUT2D eigenvalue weighted by atomic mass is 10.1. The maximum absolute atomic E-state index is 13.2. The van der Waals surface area contributed by atoms with Crippen LogP contribution in [0.5, 0.6) is 5.75 Å². The monoisotopic (exact) mass is 527 g/mol. The molecule has 4 rings (SSSR count). The molecule has 1 unspecified atom stereocenters. The number of carbonyl (C=O) groups excluding carboxylic acids is 2. The number of amides is 2. The molecular weight excluding hydrogens is 505 g/mol. The summed E-state index contributed by atoms with van der Waals surface area (Å²) in [5.41, 5.74) is 2.21. The minimum absolute atomic E-state index is 0.0587. The number of hydrogen-bond donors (Lipinski definition) is 1. The van der Waals surface area contributed by atoms with Gasteiger partial charge in [0.2, 0.25) is 11.8 Å². The Morgan fingerprint density at radius 1 is 1.09 bits per heavy atom. The molecule has 2 amide bonds. The number of halogens is 2. The standard InChI is InChI=1S/C26H23Cl2N3O3S/c1-34-20-12-6-17(7-13-20)14-15-31-24(32)16-23(25(33)30-22-5-3-2-4-21(22)28)35-26(31)29-19-10-8-18(27)9-11-19/h2-13,23H,14-16H2,1H3,(H,30,33). The molecule has 180 valence electrons. The Balaban J connectivity index is 1.54. The summed E-state index contributed by atoms with van der Waals surface area (Å²) in [6.45, 7) is 0.434. The summed E-state index contributed by atoms with van der Waals surface area (Å²) in [4.78, 5) is 32.5. The average Bonchev–Trinajstić information content (AvgIpc) is 2.86. The Morgan fingerprint density at radius 2 is 1.80 bits per heavy atom. The summed E-state index contributed by atoms with van der Waals surface area (Å²) >= 11 is 13.5. The quantitative estimate of drug-likeness (QED) is 0.396. The van der Waals surface area contributed by atoms with Crippen molar-refractivity contribution >= 4 is 63.3 Å². The van der Waals surface area contributed by atoms with Crippen molar-refractivity contribution in [2.24, 2.45) is 4.99 Å². The molecule has 0 saturated carbocycles. The number of carbonyl (C=O) groups is 2. The highest BCUT2D eigenvalue weighted by Gasteiger charge is 2.36. The first-order chi connectivity index (χ1) is 16.9. The van der Waals surface area contributed by atoms with E-state index in [0.717, 1.165) is 11.3 Å². The zero-order chi connectivity index (χ0) is 24.8. The molecular formula is C26H23Cl2N3O3S. The van der Waals surface area contributed by atoms with Gasteiger partial charge in [0.25, 0.3) is 0 Å². The summed E-state index contributed by atoms with van der Waals surface area (Å²) in [6, 6.07) is 21.7. The number of rotatable bonds is 7. The van der Waals surface area contributed by atoms with Crippen LogP contribution >= 0.6 is 35.0 Å². The van der Waals surface area contributed by atoms with Gasteiger partial charge in [-0.15, -0.1) is 0 Å². The van der Waals surface area contributed by atoms with E-state index in [0.29, 0.717) is 39.6 Å². The first-order valence-corrected chi connectivity index (χ1v) is 12.6. The second-order valence-corrected chi connectivity index (χ2v) is 9.81. The Hall–Kier alpha value is -3.00. The second-order valence-electron chi connectivity index (χ2n) is 7.79. The maximum Gasteiger partial charge on any atom is 0.238 e. The number of para-hydroxylation sites is 1. The van der Waals surface area contributed by atoms with Crippen LogP contribution in [0, 0.1) is 0 Å². The zero-order valence-corrected chi connectivity index (χ0v) is 21.2. The summed E-state index contributed by atoms with van der Waals surface area (Å²) in [6.07, 6.45) is 0.690. The van der Waals surface area contributed by atoms with Gasteiger partial charge in [-0.3, -0.25) is 14.5 Å². The van der Waals surface area contributed by atoms with E-state index in [1.807, 2.05) is 24.3 Å². The van der Waals surface area contributed by atoms with Crippen molar-refractivity contribution in [3.8, 4) is 5.75 Å². The molecule has 0 aliphatic carbocycles. The molecule has 1 N–H and O–H groups in total. The molecule has 1 heterocycles. The third-order valence-electron chi connectivity index (χ3n) is 5.40. The van der Waals surface area contributed by atoms with Gasteiger partial charge in [0.1, 0.15) is 11.0 Å². The summed E-state index contributed by atoms with van der Waals surface area (Å²) < 4.78 is 5.21. The number of aliphatic imine (C=N–C) groups is 1. The van der Waals surface area contributed by atoms with E-state index in [1.54, 1.807) is 60.5 Å². The molecule has 0 spiro atoms. The van der Waals surface area contributed by atoms with E-state index < -0.39 is 5.25 Å². The zero-order valence-electron chi connectivity index (χ0n) is 18.9. The molecule has 1 atom stereocenters. The minimum atomic E-state index is -0.637. The fraction of sp³-hybridized carbons (Fsp3) is 0.192. The smallest absolute Gasteiger partial charge is 0.238 e. The van der Waals surface area contributed by atoms with Crippen molar-refractivity contribution in [2.45, 2.75) is 18.1 Å². The number of nitrogens with one attached hydrogen (secondary N) is 1. The lowest BCUT2D eigenvalue weighted by Crippen LogP contribution is -2.46. The van der Waals surface area contributed by atoms with Crippen LogP contribution in [0.4, 0.5) is 11.4 Å². The molecule has 0 aromatic heterocycles. The Bertz CT molecular complexity index is 1230. The van der Waals surface area contributed by atoms with Gasteiger partial charge in [-0.05, 0) is 60.5 Å². The fourth-order valence-electron chi connectivity index (χ4n) is 3.50. The van der Waals surface area contributed by atoms with Crippen LogP contribution in [0.1, 0.15) is 12.0 Å². The Labute approximate surface area is 218 Å². The molecule has 0 radical (unpaired) electrons. The molecule has 9 heteroatoms. The van der Waals surface area contributed by atoms with Gasteiger partial charge in [-0.1, -0.05) is 59.2 Å². The number of amidine groups is 1. The molecule has 35 heavy (non-hydrogen) atoms. The first kappa shape index (κ1) is 25.1. The van der Waals surface area contributed by atoms with Gasteiger partial charge in [-0.25, -0.2) is 4.99 Å². The molecule has 1 fully saturated rings.